The van der Waals surface area contributed by atoms with E-state index >= 15 is 0 Å². The quantitative estimate of drug-likeness (QED) is 0.383. The van der Waals surface area contributed by atoms with Crippen molar-refractivity contribution in [3.8, 4) is 5.69 Å². The molecule has 0 aliphatic heterocycles. The largest absolute Gasteiger partial charge is 0.465 e. The first-order valence-electron chi connectivity index (χ1n) is 8.47. The predicted octanol–water partition coefficient (Wildman–Crippen LogP) is 2.20. The smallest absolute Gasteiger partial charge is 0.431 e. The van der Waals surface area contributed by atoms with E-state index in [2.05, 4.69) is 10.6 Å². The van der Waals surface area contributed by atoms with Crippen molar-refractivity contribution in [1.82, 2.24) is 14.5 Å². The maximum atomic E-state index is 14.5. The van der Waals surface area contributed by atoms with Gasteiger partial charge in [-0.05, 0) is 31.3 Å². The fraction of sp³-hybridized carbons (Fsp3) is 0.294. The third-order valence-electron chi connectivity index (χ3n) is 3.83. The summed E-state index contributed by atoms with van der Waals surface area (Å²) < 4.78 is 58.6. The topological polar surface area (TPSA) is 94.4 Å². The van der Waals surface area contributed by atoms with Gasteiger partial charge in [-0.25, -0.2) is 13.8 Å². The molecule has 168 valence electrons. The molecule has 2 N–H and O–H groups in total. The molecule has 0 unspecified atom stereocenters. The van der Waals surface area contributed by atoms with Crippen molar-refractivity contribution in [2.75, 3.05) is 18.5 Å². The number of halogens is 5. The van der Waals surface area contributed by atoms with E-state index in [1.165, 1.54) is 0 Å². The van der Waals surface area contributed by atoms with Crippen molar-refractivity contribution in [3.63, 3.8) is 0 Å². The van der Waals surface area contributed by atoms with E-state index in [1.54, 1.807) is 6.92 Å². The van der Waals surface area contributed by atoms with Crippen LogP contribution in [0.2, 0.25) is 5.02 Å². The van der Waals surface area contributed by atoms with E-state index < -0.39 is 40.6 Å². The maximum absolute atomic E-state index is 14.5. The molecule has 0 amide bonds. The Morgan fingerprint density at radius 3 is 2.48 bits per heavy atom. The summed E-state index contributed by atoms with van der Waals surface area (Å²) in [6.07, 6.45) is -4.96. The highest BCUT2D eigenvalue weighted by Gasteiger charge is 2.35. The highest BCUT2D eigenvalue weighted by molar-refractivity contribution is 7.80. The summed E-state index contributed by atoms with van der Waals surface area (Å²) >= 11 is 10.9. The molecule has 2 rings (SSSR count). The van der Waals surface area contributed by atoms with Gasteiger partial charge in [0.2, 0.25) is 0 Å². The first-order chi connectivity index (χ1) is 14.4. The van der Waals surface area contributed by atoms with Crippen molar-refractivity contribution in [1.29, 1.82) is 0 Å². The molecule has 0 saturated heterocycles. The van der Waals surface area contributed by atoms with Crippen LogP contribution in [-0.2, 0) is 22.8 Å². The Bertz CT molecular complexity index is 1150. The second kappa shape index (κ2) is 9.47. The standard InChI is InChI=1S/C17H15ClF4N4O4S/c1-3-30-14(28)7-23-15(31)24-10-5-11(9(19)4-8(10)18)26-13(27)6-12(17(20,21)22)25(2)16(26)29/h4-6H,3,7H2,1-2H3,(H2,23,24,31). The van der Waals surface area contributed by atoms with Gasteiger partial charge >= 0.3 is 17.8 Å². The number of hydrogen-bond donors (Lipinski definition) is 2. The van der Waals surface area contributed by atoms with Crippen molar-refractivity contribution >= 4 is 40.6 Å². The molecular formula is C17H15ClF4N4O4S. The first-order valence-corrected chi connectivity index (χ1v) is 9.25. The molecule has 2 aromatic rings. The van der Waals surface area contributed by atoms with Crippen molar-refractivity contribution in [3.05, 3.63) is 55.6 Å². The molecule has 0 fully saturated rings. The van der Waals surface area contributed by atoms with Gasteiger partial charge in [0.1, 0.15) is 18.1 Å². The zero-order valence-electron chi connectivity index (χ0n) is 16.0. The van der Waals surface area contributed by atoms with Gasteiger partial charge in [0, 0.05) is 13.1 Å². The molecule has 0 atom stereocenters. The van der Waals surface area contributed by atoms with Crippen LogP contribution in [0.5, 0.6) is 0 Å². The first kappa shape index (κ1) is 24.3. The minimum absolute atomic E-state index is 0.0757. The fourth-order valence-electron chi connectivity index (χ4n) is 2.46. The summed E-state index contributed by atoms with van der Waals surface area (Å²) in [6.45, 7) is 1.48. The predicted molar refractivity (Wildman–Crippen MR) is 108 cm³/mol. The third-order valence-corrected chi connectivity index (χ3v) is 4.39. The molecule has 1 aromatic carbocycles. The highest BCUT2D eigenvalue weighted by atomic mass is 35.5. The van der Waals surface area contributed by atoms with Gasteiger partial charge in [0.15, 0.2) is 5.11 Å². The number of aromatic nitrogens is 2. The lowest BCUT2D eigenvalue weighted by atomic mass is 10.2. The number of carbonyl (C=O) groups excluding carboxylic acids is 1. The van der Waals surface area contributed by atoms with Crippen LogP contribution < -0.4 is 21.9 Å². The Labute approximate surface area is 182 Å². The summed E-state index contributed by atoms with van der Waals surface area (Å²) in [7, 11) is 0.794. The number of esters is 1. The summed E-state index contributed by atoms with van der Waals surface area (Å²) in [5, 5.41) is 4.72. The van der Waals surface area contributed by atoms with Crippen LogP contribution in [-0.4, -0.2) is 33.4 Å². The minimum Gasteiger partial charge on any atom is -0.465 e. The number of nitrogens with one attached hydrogen (secondary N) is 2. The number of carbonyl (C=O) groups is 1. The van der Waals surface area contributed by atoms with E-state index in [4.69, 9.17) is 28.6 Å². The molecule has 31 heavy (non-hydrogen) atoms. The highest BCUT2D eigenvalue weighted by Crippen LogP contribution is 2.29. The number of ether oxygens (including phenoxy) is 1. The number of alkyl halides is 3. The zero-order chi connectivity index (χ0) is 23.5. The lowest BCUT2D eigenvalue weighted by Gasteiger charge is -2.16. The molecular weight excluding hydrogens is 468 g/mol. The number of anilines is 1. The van der Waals surface area contributed by atoms with Gasteiger partial charge in [-0.2, -0.15) is 13.2 Å². The fourth-order valence-corrected chi connectivity index (χ4v) is 2.83. The van der Waals surface area contributed by atoms with Crippen LogP contribution in [0.25, 0.3) is 5.69 Å². The Morgan fingerprint density at radius 1 is 1.26 bits per heavy atom. The molecule has 1 aromatic heterocycles. The van der Waals surface area contributed by atoms with E-state index in [9.17, 15) is 31.9 Å². The molecule has 0 saturated carbocycles. The molecule has 0 spiro atoms. The van der Waals surface area contributed by atoms with Gasteiger partial charge in [-0.1, -0.05) is 11.6 Å². The number of benzene rings is 1. The third kappa shape index (κ3) is 5.61. The Morgan fingerprint density at radius 2 is 1.90 bits per heavy atom. The van der Waals surface area contributed by atoms with E-state index in [0.29, 0.717) is 0 Å². The Hall–Kier alpha value is -2.93. The average molecular weight is 483 g/mol. The molecule has 0 aliphatic rings. The minimum atomic E-state index is -4.96. The molecule has 1 heterocycles. The summed E-state index contributed by atoms with van der Waals surface area (Å²) in [4.78, 5) is 35.9. The monoisotopic (exact) mass is 482 g/mol. The lowest BCUT2D eigenvalue weighted by molar-refractivity contribution is -0.144. The van der Waals surface area contributed by atoms with Crippen LogP contribution in [0.15, 0.2) is 27.8 Å². The summed E-state index contributed by atoms with van der Waals surface area (Å²) in [5.41, 5.74) is -5.04. The van der Waals surface area contributed by atoms with Gasteiger partial charge in [0.25, 0.3) is 5.56 Å². The number of rotatable bonds is 5. The molecule has 8 nitrogen and oxygen atoms in total. The number of nitrogens with zero attached hydrogens (tertiary/aromatic N) is 2. The van der Waals surface area contributed by atoms with Crippen LogP contribution in [0.4, 0.5) is 23.2 Å². The van der Waals surface area contributed by atoms with Crippen molar-refractivity contribution in [2.24, 2.45) is 7.05 Å². The summed E-state index contributed by atoms with van der Waals surface area (Å²) in [5.74, 6) is -1.74. The van der Waals surface area contributed by atoms with Crippen LogP contribution in [0.1, 0.15) is 12.6 Å². The normalized spacial score (nSPS) is 11.2. The molecule has 14 heteroatoms. The number of thiocarbonyl (C=S) groups is 1. The average Bonchev–Trinajstić information content (AvgIpc) is 2.66. The van der Waals surface area contributed by atoms with E-state index in [-0.39, 0.29) is 44.2 Å². The van der Waals surface area contributed by atoms with Crippen molar-refractivity contribution in [2.45, 2.75) is 13.1 Å². The zero-order valence-corrected chi connectivity index (χ0v) is 17.5. The van der Waals surface area contributed by atoms with Gasteiger partial charge in [-0.3, -0.25) is 14.2 Å². The molecule has 0 radical (unpaired) electrons. The second-order valence-corrected chi connectivity index (χ2v) is 6.75. The van der Waals surface area contributed by atoms with Gasteiger partial charge in [0.05, 0.1) is 23.0 Å². The van der Waals surface area contributed by atoms with E-state index in [1.807, 2.05) is 0 Å². The van der Waals surface area contributed by atoms with Crippen molar-refractivity contribution < 1.29 is 27.1 Å². The van der Waals surface area contributed by atoms with Gasteiger partial charge < -0.3 is 15.4 Å². The Kier molecular flexibility index (Phi) is 7.44. The van der Waals surface area contributed by atoms with Crippen LogP contribution in [0, 0.1) is 5.82 Å². The van der Waals surface area contributed by atoms with E-state index in [0.717, 1.165) is 19.2 Å². The lowest BCUT2D eigenvalue weighted by Crippen LogP contribution is -2.41. The molecule has 0 aliphatic carbocycles. The number of hydrogen-bond acceptors (Lipinski definition) is 5. The Balaban J connectivity index is 2.46. The van der Waals surface area contributed by atoms with Crippen LogP contribution >= 0.6 is 23.8 Å². The molecule has 0 bridgehead atoms. The van der Waals surface area contributed by atoms with Crippen LogP contribution in [0.3, 0.4) is 0 Å². The SMILES string of the molecule is CCOC(=O)CNC(=S)Nc1cc(-n2c(=O)cc(C(F)(F)F)n(C)c2=O)c(F)cc1Cl. The second-order valence-electron chi connectivity index (χ2n) is 5.94. The van der Waals surface area contributed by atoms with Gasteiger partial charge in [-0.15, -0.1) is 0 Å². The maximum Gasteiger partial charge on any atom is 0.431 e. The summed E-state index contributed by atoms with van der Waals surface area (Å²) in [6, 6.07) is 1.84.